The molecule has 0 aliphatic carbocycles. The SMILES string of the molecule is COc1cccc(-c2nc3cc(C)ccn3c2C(=O)O)c1. The normalized spacial score (nSPS) is 10.8. The van der Waals surface area contributed by atoms with Gasteiger partial charge >= 0.3 is 5.97 Å². The molecule has 0 saturated carbocycles. The molecule has 0 aliphatic rings. The lowest BCUT2D eigenvalue weighted by atomic mass is 10.1. The van der Waals surface area contributed by atoms with E-state index in [1.54, 1.807) is 23.8 Å². The number of aromatic carboxylic acids is 1. The summed E-state index contributed by atoms with van der Waals surface area (Å²) in [5.41, 5.74) is 2.95. The third-order valence-corrected chi connectivity index (χ3v) is 3.33. The molecule has 0 radical (unpaired) electrons. The van der Waals surface area contributed by atoms with E-state index in [1.165, 1.54) is 0 Å². The summed E-state index contributed by atoms with van der Waals surface area (Å²) in [7, 11) is 1.57. The third-order valence-electron chi connectivity index (χ3n) is 3.33. The molecular formula is C16H14N2O3. The number of hydrogen-bond acceptors (Lipinski definition) is 3. The van der Waals surface area contributed by atoms with Gasteiger partial charge in [0.2, 0.25) is 0 Å². The van der Waals surface area contributed by atoms with Crippen molar-refractivity contribution < 1.29 is 14.6 Å². The molecule has 2 heterocycles. The number of fused-ring (bicyclic) bond motifs is 1. The van der Waals surface area contributed by atoms with Crippen molar-refractivity contribution in [1.29, 1.82) is 0 Å². The van der Waals surface area contributed by atoms with E-state index in [-0.39, 0.29) is 5.69 Å². The first-order valence-electron chi connectivity index (χ1n) is 6.46. The number of hydrogen-bond donors (Lipinski definition) is 1. The van der Waals surface area contributed by atoms with Crippen LogP contribution < -0.4 is 4.74 Å². The quantitative estimate of drug-likeness (QED) is 0.802. The minimum atomic E-state index is -1.01. The van der Waals surface area contributed by atoms with Crippen molar-refractivity contribution >= 4 is 11.6 Å². The Morgan fingerprint density at radius 2 is 2.10 bits per heavy atom. The minimum Gasteiger partial charge on any atom is -0.497 e. The van der Waals surface area contributed by atoms with Gasteiger partial charge in [-0.25, -0.2) is 9.78 Å². The highest BCUT2D eigenvalue weighted by Crippen LogP contribution is 2.27. The van der Waals surface area contributed by atoms with Gasteiger partial charge in [0.15, 0.2) is 5.69 Å². The fourth-order valence-corrected chi connectivity index (χ4v) is 2.32. The highest BCUT2D eigenvalue weighted by Gasteiger charge is 2.20. The molecule has 0 atom stereocenters. The molecule has 0 unspecified atom stereocenters. The number of pyridine rings is 1. The van der Waals surface area contributed by atoms with E-state index in [0.29, 0.717) is 22.7 Å². The fraction of sp³-hybridized carbons (Fsp3) is 0.125. The Morgan fingerprint density at radius 3 is 2.81 bits per heavy atom. The van der Waals surface area contributed by atoms with Crippen molar-refractivity contribution in [2.75, 3.05) is 7.11 Å². The highest BCUT2D eigenvalue weighted by molar-refractivity contribution is 5.94. The van der Waals surface area contributed by atoms with Crippen molar-refractivity contribution in [3.63, 3.8) is 0 Å². The summed E-state index contributed by atoms with van der Waals surface area (Å²) in [6.07, 6.45) is 1.73. The second-order valence-corrected chi connectivity index (χ2v) is 4.78. The van der Waals surface area contributed by atoms with Crippen LogP contribution in [0.25, 0.3) is 16.9 Å². The van der Waals surface area contributed by atoms with Crippen LogP contribution in [0, 0.1) is 6.92 Å². The number of nitrogens with zero attached hydrogens (tertiary/aromatic N) is 2. The Bertz CT molecular complexity index is 837. The van der Waals surface area contributed by atoms with Crippen LogP contribution >= 0.6 is 0 Å². The second kappa shape index (κ2) is 4.94. The molecule has 0 bridgehead atoms. The Morgan fingerprint density at radius 1 is 1.29 bits per heavy atom. The van der Waals surface area contributed by atoms with Crippen LogP contribution in [0.1, 0.15) is 16.1 Å². The van der Waals surface area contributed by atoms with E-state index >= 15 is 0 Å². The third kappa shape index (κ3) is 2.23. The number of ether oxygens (including phenoxy) is 1. The zero-order valence-corrected chi connectivity index (χ0v) is 11.7. The summed E-state index contributed by atoms with van der Waals surface area (Å²) in [6.45, 7) is 1.94. The monoisotopic (exact) mass is 282 g/mol. The molecule has 106 valence electrons. The van der Waals surface area contributed by atoms with Crippen molar-refractivity contribution in [3.05, 3.63) is 53.9 Å². The van der Waals surface area contributed by atoms with Crippen molar-refractivity contribution in [1.82, 2.24) is 9.38 Å². The Hall–Kier alpha value is -2.82. The Kier molecular flexibility index (Phi) is 3.10. The lowest BCUT2D eigenvalue weighted by Gasteiger charge is -2.03. The molecule has 0 spiro atoms. The van der Waals surface area contributed by atoms with E-state index in [9.17, 15) is 9.90 Å². The van der Waals surface area contributed by atoms with Crippen LogP contribution in [0.3, 0.4) is 0 Å². The van der Waals surface area contributed by atoms with Gasteiger partial charge < -0.3 is 9.84 Å². The van der Waals surface area contributed by atoms with Gasteiger partial charge in [-0.05, 0) is 36.8 Å². The van der Waals surface area contributed by atoms with Crippen molar-refractivity contribution in [2.45, 2.75) is 6.92 Å². The predicted molar refractivity (Wildman–Crippen MR) is 78.9 cm³/mol. The smallest absolute Gasteiger partial charge is 0.355 e. The summed E-state index contributed by atoms with van der Waals surface area (Å²) in [4.78, 5) is 16.1. The van der Waals surface area contributed by atoms with Crippen LogP contribution in [-0.2, 0) is 0 Å². The van der Waals surface area contributed by atoms with E-state index in [2.05, 4.69) is 4.98 Å². The first-order valence-corrected chi connectivity index (χ1v) is 6.46. The maximum atomic E-state index is 11.6. The van der Waals surface area contributed by atoms with Crippen LogP contribution in [0.15, 0.2) is 42.6 Å². The first kappa shape index (κ1) is 13.2. The molecule has 5 heteroatoms. The number of carboxylic acid groups (broad SMARTS) is 1. The predicted octanol–water partition coefficient (Wildman–Crippen LogP) is 3.02. The number of rotatable bonds is 3. The Balaban J connectivity index is 2.30. The van der Waals surface area contributed by atoms with E-state index in [0.717, 1.165) is 5.56 Å². The molecule has 1 N–H and O–H groups in total. The van der Waals surface area contributed by atoms with Gasteiger partial charge in [0.1, 0.15) is 17.1 Å². The number of imidazole rings is 1. The molecule has 0 amide bonds. The number of carbonyl (C=O) groups is 1. The van der Waals surface area contributed by atoms with Crippen LogP contribution in [0.4, 0.5) is 0 Å². The number of aryl methyl sites for hydroxylation is 1. The summed E-state index contributed by atoms with van der Waals surface area (Å²) in [6, 6.07) is 10.9. The summed E-state index contributed by atoms with van der Waals surface area (Å²) < 4.78 is 6.78. The van der Waals surface area contributed by atoms with Crippen molar-refractivity contribution in [2.24, 2.45) is 0 Å². The highest BCUT2D eigenvalue weighted by atomic mass is 16.5. The lowest BCUT2D eigenvalue weighted by Crippen LogP contribution is -2.03. The lowest BCUT2D eigenvalue weighted by molar-refractivity contribution is 0.0690. The minimum absolute atomic E-state index is 0.151. The van der Waals surface area contributed by atoms with Crippen molar-refractivity contribution in [3.8, 4) is 17.0 Å². The topological polar surface area (TPSA) is 63.8 Å². The number of methoxy groups -OCH3 is 1. The summed E-state index contributed by atoms with van der Waals surface area (Å²) >= 11 is 0. The van der Waals surface area contributed by atoms with Gasteiger partial charge in [0.05, 0.1) is 7.11 Å². The number of aromatic nitrogens is 2. The standard InChI is InChI=1S/C16H14N2O3/c1-10-6-7-18-13(8-10)17-14(15(18)16(19)20)11-4-3-5-12(9-11)21-2/h3-9H,1-2H3,(H,19,20). The average molecular weight is 282 g/mol. The molecule has 1 aromatic carbocycles. The largest absolute Gasteiger partial charge is 0.497 e. The van der Waals surface area contributed by atoms with Gasteiger partial charge in [-0.15, -0.1) is 0 Å². The molecule has 0 aliphatic heterocycles. The first-order chi connectivity index (χ1) is 10.1. The van der Waals surface area contributed by atoms with Crippen LogP contribution in [0.2, 0.25) is 0 Å². The maximum absolute atomic E-state index is 11.6. The molecule has 3 aromatic rings. The van der Waals surface area contributed by atoms with E-state index in [1.807, 2.05) is 37.3 Å². The van der Waals surface area contributed by atoms with Gasteiger partial charge in [0.25, 0.3) is 0 Å². The van der Waals surface area contributed by atoms with Gasteiger partial charge in [-0.2, -0.15) is 0 Å². The molecule has 3 rings (SSSR count). The van der Waals surface area contributed by atoms with E-state index in [4.69, 9.17) is 4.74 Å². The van der Waals surface area contributed by atoms with Crippen LogP contribution in [0.5, 0.6) is 5.75 Å². The summed E-state index contributed by atoms with van der Waals surface area (Å²) in [5.74, 6) is -0.346. The van der Waals surface area contributed by atoms with Crippen LogP contribution in [-0.4, -0.2) is 27.6 Å². The number of carboxylic acids is 1. The van der Waals surface area contributed by atoms with Gasteiger partial charge in [-0.1, -0.05) is 12.1 Å². The molecule has 2 aromatic heterocycles. The van der Waals surface area contributed by atoms with Gasteiger partial charge in [0, 0.05) is 11.8 Å². The molecule has 21 heavy (non-hydrogen) atoms. The van der Waals surface area contributed by atoms with Gasteiger partial charge in [-0.3, -0.25) is 4.40 Å². The molecule has 0 saturated heterocycles. The second-order valence-electron chi connectivity index (χ2n) is 4.78. The number of benzene rings is 1. The zero-order chi connectivity index (χ0) is 15.0. The maximum Gasteiger partial charge on any atom is 0.355 e. The van der Waals surface area contributed by atoms with E-state index < -0.39 is 5.97 Å². The molecule has 5 nitrogen and oxygen atoms in total. The Labute approximate surface area is 121 Å². The average Bonchev–Trinajstić information content (AvgIpc) is 2.85. The molecule has 0 fully saturated rings. The fourth-order valence-electron chi connectivity index (χ4n) is 2.32. The summed E-state index contributed by atoms with van der Waals surface area (Å²) in [5, 5.41) is 9.52. The molecular weight excluding hydrogens is 268 g/mol. The zero-order valence-electron chi connectivity index (χ0n) is 11.7.